The van der Waals surface area contributed by atoms with Gasteiger partial charge in [-0.15, -0.1) is 0 Å². The van der Waals surface area contributed by atoms with Crippen molar-refractivity contribution in [2.24, 2.45) is 0 Å². The van der Waals surface area contributed by atoms with Crippen molar-refractivity contribution in [3.8, 4) is 6.07 Å². The first kappa shape index (κ1) is 6.93. The minimum atomic E-state index is 0.774. The average molecular weight is 156 g/mol. The Labute approximate surface area is 70.7 Å². The summed E-state index contributed by atoms with van der Waals surface area (Å²) in [4.78, 5) is 0. The van der Waals surface area contributed by atoms with Gasteiger partial charge in [0.15, 0.2) is 0 Å². The molecule has 0 radical (unpaired) electrons. The number of nitriles is 1. The maximum Gasteiger partial charge on any atom is 0.102 e. The number of hydrogen-bond donors (Lipinski definition) is 0. The molecule has 2 heteroatoms. The largest absolute Gasteiger partial charge is 0.322 e. The summed E-state index contributed by atoms with van der Waals surface area (Å²) in [5.74, 6) is 0. The second kappa shape index (κ2) is 2.38. The highest BCUT2D eigenvalue weighted by Crippen LogP contribution is 2.15. The van der Waals surface area contributed by atoms with Crippen molar-refractivity contribution in [2.45, 2.75) is 6.92 Å². The molecule has 0 aliphatic carbocycles. The molecule has 2 rings (SSSR count). The van der Waals surface area contributed by atoms with Crippen LogP contribution in [0.15, 0.2) is 30.6 Å². The summed E-state index contributed by atoms with van der Waals surface area (Å²) < 4.78 is 1.97. The summed E-state index contributed by atoms with van der Waals surface area (Å²) in [6.45, 7) is 1.95. The van der Waals surface area contributed by atoms with E-state index in [0.717, 1.165) is 16.6 Å². The minimum absolute atomic E-state index is 0.774. The molecule has 2 nitrogen and oxygen atoms in total. The highest BCUT2D eigenvalue weighted by atomic mass is 14.9. The molecule has 0 bridgehead atoms. The summed E-state index contributed by atoms with van der Waals surface area (Å²) in [6.07, 6.45) is 3.91. The first-order valence-corrected chi connectivity index (χ1v) is 3.79. The summed E-state index contributed by atoms with van der Waals surface area (Å²) in [6, 6.07) is 8.04. The number of fused-ring (bicyclic) bond motifs is 1. The van der Waals surface area contributed by atoms with Crippen molar-refractivity contribution in [1.82, 2.24) is 4.40 Å². The van der Waals surface area contributed by atoms with Crippen molar-refractivity contribution in [3.63, 3.8) is 0 Å². The molecule has 2 heterocycles. The molecule has 0 unspecified atom stereocenters. The van der Waals surface area contributed by atoms with Gasteiger partial charge in [-0.05, 0) is 24.6 Å². The van der Waals surface area contributed by atoms with Crippen LogP contribution in [-0.4, -0.2) is 4.40 Å². The fourth-order valence-electron chi connectivity index (χ4n) is 1.40. The van der Waals surface area contributed by atoms with Gasteiger partial charge in [0.25, 0.3) is 0 Å². The Morgan fingerprint density at radius 2 is 2.25 bits per heavy atom. The monoisotopic (exact) mass is 156 g/mol. The van der Waals surface area contributed by atoms with Gasteiger partial charge >= 0.3 is 0 Å². The van der Waals surface area contributed by atoms with E-state index in [9.17, 15) is 0 Å². The van der Waals surface area contributed by atoms with Gasteiger partial charge in [0.1, 0.15) is 6.07 Å². The van der Waals surface area contributed by atoms with E-state index in [1.54, 1.807) is 0 Å². The fraction of sp³-hybridized carbons (Fsp3) is 0.100. The van der Waals surface area contributed by atoms with E-state index in [1.165, 1.54) is 0 Å². The molecule has 12 heavy (non-hydrogen) atoms. The molecular weight excluding hydrogens is 148 g/mol. The van der Waals surface area contributed by atoms with Gasteiger partial charge in [-0.25, -0.2) is 0 Å². The van der Waals surface area contributed by atoms with Crippen LogP contribution in [0.5, 0.6) is 0 Å². The van der Waals surface area contributed by atoms with Crippen molar-refractivity contribution >= 4 is 5.52 Å². The lowest BCUT2D eigenvalue weighted by molar-refractivity contribution is 1.19. The van der Waals surface area contributed by atoms with E-state index in [1.807, 2.05) is 41.9 Å². The Morgan fingerprint density at radius 3 is 3.00 bits per heavy atom. The topological polar surface area (TPSA) is 28.2 Å². The third-order valence-corrected chi connectivity index (χ3v) is 1.99. The van der Waals surface area contributed by atoms with E-state index in [2.05, 4.69) is 6.07 Å². The lowest BCUT2D eigenvalue weighted by atomic mass is 10.2. The van der Waals surface area contributed by atoms with Gasteiger partial charge in [-0.3, -0.25) is 0 Å². The molecule has 0 aromatic carbocycles. The summed E-state index contributed by atoms with van der Waals surface area (Å²) >= 11 is 0. The predicted octanol–water partition coefficient (Wildman–Crippen LogP) is 2.12. The summed E-state index contributed by atoms with van der Waals surface area (Å²) in [5, 5.41) is 8.84. The van der Waals surface area contributed by atoms with Gasteiger partial charge in [0.05, 0.1) is 11.1 Å². The predicted molar refractivity (Wildman–Crippen MR) is 46.8 cm³/mol. The average Bonchev–Trinajstić information content (AvgIpc) is 2.40. The maximum absolute atomic E-state index is 8.84. The lowest BCUT2D eigenvalue weighted by Gasteiger charge is -1.90. The zero-order chi connectivity index (χ0) is 8.55. The molecule has 0 saturated heterocycles. The van der Waals surface area contributed by atoms with Crippen LogP contribution in [0.3, 0.4) is 0 Å². The number of aromatic nitrogens is 1. The fourth-order valence-corrected chi connectivity index (χ4v) is 1.40. The Kier molecular flexibility index (Phi) is 1.38. The normalized spacial score (nSPS) is 10.0. The van der Waals surface area contributed by atoms with Gasteiger partial charge in [-0.2, -0.15) is 5.26 Å². The first-order valence-electron chi connectivity index (χ1n) is 3.79. The quantitative estimate of drug-likeness (QED) is 0.574. The van der Waals surface area contributed by atoms with E-state index >= 15 is 0 Å². The van der Waals surface area contributed by atoms with Crippen LogP contribution in [0, 0.1) is 18.3 Å². The van der Waals surface area contributed by atoms with Crippen LogP contribution in [0.4, 0.5) is 0 Å². The molecule has 0 N–H and O–H groups in total. The van der Waals surface area contributed by atoms with Gasteiger partial charge in [0.2, 0.25) is 0 Å². The Bertz CT molecular complexity index is 460. The van der Waals surface area contributed by atoms with E-state index in [0.29, 0.717) is 0 Å². The number of aryl methyl sites for hydroxylation is 1. The Hall–Kier alpha value is -1.75. The molecule has 0 aliphatic rings. The van der Waals surface area contributed by atoms with Crippen molar-refractivity contribution < 1.29 is 0 Å². The Morgan fingerprint density at radius 1 is 1.42 bits per heavy atom. The molecule has 0 fully saturated rings. The number of pyridine rings is 1. The first-order chi connectivity index (χ1) is 5.83. The van der Waals surface area contributed by atoms with Gasteiger partial charge < -0.3 is 4.40 Å². The minimum Gasteiger partial charge on any atom is -0.322 e. The molecule has 2 aromatic rings. The van der Waals surface area contributed by atoms with Crippen molar-refractivity contribution in [1.29, 1.82) is 5.26 Å². The molecule has 58 valence electrons. The van der Waals surface area contributed by atoms with Crippen LogP contribution in [0.1, 0.15) is 11.1 Å². The zero-order valence-corrected chi connectivity index (χ0v) is 6.78. The van der Waals surface area contributed by atoms with E-state index in [4.69, 9.17) is 5.26 Å². The molecule has 2 aromatic heterocycles. The van der Waals surface area contributed by atoms with Crippen LogP contribution in [0.2, 0.25) is 0 Å². The van der Waals surface area contributed by atoms with E-state index < -0.39 is 0 Å². The standard InChI is InChI=1S/C10H8N2/c1-8-7-12-5-3-2-4-10(12)9(8)6-11/h2-5,7H,1H3. The van der Waals surface area contributed by atoms with Crippen LogP contribution < -0.4 is 0 Å². The highest BCUT2D eigenvalue weighted by molar-refractivity contribution is 5.64. The number of nitrogens with zero attached hydrogens (tertiary/aromatic N) is 2. The van der Waals surface area contributed by atoms with Gasteiger partial charge in [0, 0.05) is 12.4 Å². The third kappa shape index (κ3) is 0.802. The van der Waals surface area contributed by atoms with Crippen LogP contribution in [-0.2, 0) is 0 Å². The smallest absolute Gasteiger partial charge is 0.102 e. The zero-order valence-electron chi connectivity index (χ0n) is 6.78. The number of hydrogen-bond acceptors (Lipinski definition) is 1. The van der Waals surface area contributed by atoms with Crippen molar-refractivity contribution in [2.75, 3.05) is 0 Å². The maximum atomic E-state index is 8.84. The number of rotatable bonds is 0. The second-order valence-corrected chi connectivity index (χ2v) is 2.79. The SMILES string of the molecule is Cc1cn2ccccc2c1C#N. The summed E-state index contributed by atoms with van der Waals surface area (Å²) in [7, 11) is 0. The van der Waals surface area contributed by atoms with Crippen LogP contribution in [0.25, 0.3) is 5.52 Å². The molecule has 0 atom stereocenters. The molecular formula is C10H8N2. The van der Waals surface area contributed by atoms with Crippen LogP contribution >= 0.6 is 0 Å². The molecule has 0 saturated carbocycles. The molecule has 0 spiro atoms. The van der Waals surface area contributed by atoms with Gasteiger partial charge in [-0.1, -0.05) is 6.07 Å². The third-order valence-electron chi connectivity index (χ3n) is 1.99. The van der Waals surface area contributed by atoms with Crippen molar-refractivity contribution in [3.05, 3.63) is 41.7 Å². The Balaban J connectivity index is 2.93. The van der Waals surface area contributed by atoms with E-state index in [-0.39, 0.29) is 0 Å². The molecule has 0 amide bonds. The lowest BCUT2D eigenvalue weighted by Crippen LogP contribution is -1.78. The second-order valence-electron chi connectivity index (χ2n) is 2.79. The summed E-state index contributed by atoms with van der Waals surface area (Å²) in [5.41, 5.74) is 2.79. The molecule has 0 aliphatic heterocycles. The highest BCUT2D eigenvalue weighted by Gasteiger charge is 2.03.